The maximum atomic E-state index is 13.5. The van der Waals surface area contributed by atoms with Gasteiger partial charge in [0.1, 0.15) is 11.6 Å². The maximum absolute atomic E-state index is 13.5. The predicted molar refractivity (Wildman–Crippen MR) is 86.7 cm³/mol. The van der Waals surface area contributed by atoms with E-state index in [9.17, 15) is 8.78 Å². The standard InChI is InChI=1S/C18H22F2N4/c1-12(14-4-5-15(19)16(20)11-14)23-9-6-13(7-10-23)18-22-21-17-3-2-8-24(17)18/h4-5,11-13H,2-3,6-10H2,1H3/t12-/m1/s1. The smallest absolute Gasteiger partial charge is 0.159 e. The zero-order chi connectivity index (χ0) is 16.7. The molecule has 1 saturated heterocycles. The quantitative estimate of drug-likeness (QED) is 0.863. The Balaban J connectivity index is 1.43. The lowest BCUT2D eigenvalue weighted by Crippen LogP contribution is -2.35. The van der Waals surface area contributed by atoms with E-state index in [1.807, 2.05) is 0 Å². The van der Waals surface area contributed by atoms with E-state index < -0.39 is 11.6 Å². The molecule has 2 aromatic rings. The molecule has 6 heteroatoms. The van der Waals surface area contributed by atoms with Crippen molar-refractivity contribution in [2.75, 3.05) is 13.1 Å². The third kappa shape index (κ3) is 2.73. The summed E-state index contributed by atoms with van der Waals surface area (Å²) < 4.78 is 28.9. The molecule has 24 heavy (non-hydrogen) atoms. The molecular weight excluding hydrogens is 310 g/mol. The molecule has 4 rings (SSSR count). The first-order valence-corrected chi connectivity index (χ1v) is 8.74. The molecule has 1 fully saturated rings. The molecule has 0 spiro atoms. The molecule has 3 heterocycles. The number of rotatable bonds is 3. The molecule has 0 saturated carbocycles. The van der Waals surface area contributed by atoms with E-state index >= 15 is 0 Å². The molecule has 4 nitrogen and oxygen atoms in total. The Bertz CT molecular complexity index is 735. The van der Waals surface area contributed by atoms with Gasteiger partial charge in [-0.2, -0.15) is 0 Å². The second-order valence-corrected chi connectivity index (χ2v) is 6.89. The van der Waals surface area contributed by atoms with Crippen molar-refractivity contribution in [2.24, 2.45) is 0 Å². The summed E-state index contributed by atoms with van der Waals surface area (Å²) in [6.45, 7) is 4.98. The molecule has 1 atom stereocenters. The van der Waals surface area contributed by atoms with Gasteiger partial charge in [-0.25, -0.2) is 8.78 Å². The monoisotopic (exact) mass is 332 g/mol. The van der Waals surface area contributed by atoms with Crippen LogP contribution in [0.25, 0.3) is 0 Å². The van der Waals surface area contributed by atoms with E-state index in [1.165, 1.54) is 18.6 Å². The minimum Gasteiger partial charge on any atom is -0.315 e. The van der Waals surface area contributed by atoms with Crippen molar-refractivity contribution in [1.82, 2.24) is 19.7 Å². The minimum absolute atomic E-state index is 0.0881. The van der Waals surface area contributed by atoms with Crippen LogP contribution < -0.4 is 0 Å². The Morgan fingerprint density at radius 1 is 1.08 bits per heavy atom. The van der Waals surface area contributed by atoms with Crippen molar-refractivity contribution < 1.29 is 8.78 Å². The summed E-state index contributed by atoms with van der Waals surface area (Å²) in [5, 5.41) is 8.73. The van der Waals surface area contributed by atoms with E-state index in [0.717, 1.165) is 56.1 Å². The lowest BCUT2D eigenvalue weighted by atomic mass is 9.93. The van der Waals surface area contributed by atoms with Crippen molar-refractivity contribution in [3.8, 4) is 0 Å². The van der Waals surface area contributed by atoms with Crippen LogP contribution in [0.1, 0.15) is 55.4 Å². The lowest BCUT2D eigenvalue weighted by Gasteiger charge is -2.36. The third-order valence-electron chi connectivity index (χ3n) is 5.51. The number of piperidine rings is 1. The fraction of sp³-hybridized carbons (Fsp3) is 0.556. The van der Waals surface area contributed by atoms with Crippen LogP contribution in [-0.2, 0) is 13.0 Å². The van der Waals surface area contributed by atoms with E-state index in [1.54, 1.807) is 6.07 Å². The van der Waals surface area contributed by atoms with Gasteiger partial charge in [-0.1, -0.05) is 6.07 Å². The summed E-state index contributed by atoms with van der Waals surface area (Å²) in [7, 11) is 0. The molecule has 1 aromatic heterocycles. The first kappa shape index (κ1) is 15.7. The average molecular weight is 332 g/mol. The van der Waals surface area contributed by atoms with E-state index in [4.69, 9.17) is 0 Å². The predicted octanol–water partition coefficient (Wildman–Crippen LogP) is 3.44. The summed E-state index contributed by atoms with van der Waals surface area (Å²) in [6.07, 6.45) is 4.28. The summed E-state index contributed by atoms with van der Waals surface area (Å²) in [4.78, 5) is 2.34. The lowest BCUT2D eigenvalue weighted by molar-refractivity contribution is 0.159. The van der Waals surface area contributed by atoms with Crippen LogP contribution >= 0.6 is 0 Å². The van der Waals surface area contributed by atoms with Crippen LogP contribution in [0.15, 0.2) is 18.2 Å². The first-order chi connectivity index (χ1) is 11.6. The molecule has 0 aliphatic carbocycles. The summed E-state index contributed by atoms with van der Waals surface area (Å²) in [5.41, 5.74) is 0.829. The Morgan fingerprint density at radius 2 is 1.88 bits per heavy atom. The zero-order valence-corrected chi connectivity index (χ0v) is 13.9. The topological polar surface area (TPSA) is 34.0 Å². The summed E-state index contributed by atoms with van der Waals surface area (Å²) >= 11 is 0. The van der Waals surface area contributed by atoms with Gasteiger partial charge in [-0.15, -0.1) is 10.2 Å². The van der Waals surface area contributed by atoms with Crippen molar-refractivity contribution in [3.63, 3.8) is 0 Å². The number of hydrogen-bond acceptors (Lipinski definition) is 3. The van der Waals surface area contributed by atoms with Gasteiger partial charge in [0.15, 0.2) is 11.6 Å². The number of hydrogen-bond donors (Lipinski definition) is 0. The van der Waals surface area contributed by atoms with Crippen LogP contribution in [0, 0.1) is 11.6 Å². The van der Waals surface area contributed by atoms with Crippen molar-refractivity contribution in [1.29, 1.82) is 0 Å². The summed E-state index contributed by atoms with van der Waals surface area (Å²) in [5.74, 6) is 1.17. The Morgan fingerprint density at radius 3 is 2.62 bits per heavy atom. The SMILES string of the molecule is C[C@H](c1ccc(F)c(F)c1)N1CCC(c2nnc3n2CCC3)CC1. The van der Waals surface area contributed by atoms with Gasteiger partial charge in [0, 0.05) is 24.9 Å². The normalized spacial score (nSPS) is 20.3. The number of benzene rings is 1. The van der Waals surface area contributed by atoms with Crippen LogP contribution in [0.5, 0.6) is 0 Å². The van der Waals surface area contributed by atoms with Gasteiger partial charge in [0.2, 0.25) is 0 Å². The van der Waals surface area contributed by atoms with Crippen LogP contribution in [0.2, 0.25) is 0 Å². The molecule has 1 aromatic carbocycles. The molecule has 128 valence electrons. The molecule has 2 aliphatic heterocycles. The highest BCUT2D eigenvalue weighted by Gasteiger charge is 2.29. The maximum Gasteiger partial charge on any atom is 0.159 e. The van der Waals surface area contributed by atoms with Gasteiger partial charge in [0.25, 0.3) is 0 Å². The highest BCUT2D eigenvalue weighted by atomic mass is 19.2. The van der Waals surface area contributed by atoms with Gasteiger partial charge >= 0.3 is 0 Å². The number of aryl methyl sites for hydroxylation is 1. The second kappa shape index (κ2) is 6.24. The molecule has 2 aliphatic rings. The van der Waals surface area contributed by atoms with E-state index in [-0.39, 0.29) is 6.04 Å². The van der Waals surface area contributed by atoms with E-state index in [0.29, 0.717) is 5.92 Å². The molecule has 0 N–H and O–H groups in total. The molecule has 0 unspecified atom stereocenters. The molecular formula is C18H22F2N4. The average Bonchev–Trinajstić information content (AvgIpc) is 3.20. The van der Waals surface area contributed by atoms with Crippen molar-refractivity contribution in [3.05, 3.63) is 47.0 Å². The zero-order valence-electron chi connectivity index (χ0n) is 13.9. The fourth-order valence-corrected chi connectivity index (χ4v) is 4.00. The van der Waals surface area contributed by atoms with Crippen LogP contribution in [0.4, 0.5) is 8.78 Å². The van der Waals surface area contributed by atoms with Gasteiger partial charge in [0.05, 0.1) is 0 Å². The van der Waals surface area contributed by atoms with Crippen molar-refractivity contribution >= 4 is 0 Å². The second-order valence-electron chi connectivity index (χ2n) is 6.89. The Hall–Kier alpha value is -1.82. The van der Waals surface area contributed by atoms with Gasteiger partial charge < -0.3 is 4.57 Å². The number of likely N-dealkylation sites (tertiary alicyclic amines) is 1. The van der Waals surface area contributed by atoms with Crippen LogP contribution in [0.3, 0.4) is 0 Å². The highest BCUT2D eigenvalue weighted by molar-refractivity contribution is 5.21. The largest absolute Gasteiger partial charge is 0.315 e. The highest BCUT2D eigenvalue weighted by Crippen LogP contribution is 2.33. The van der Waals surface area contributed by atoms with Gasteiger partial charge in [-0.3, -0.25) is 4.90 Å². The number of fused-ring (bicyclic) bond motifs is 1. The number of halogens is 2. The summed E-state index contributed by atoms with van der Waals surface area (Å²) in [6, 6.07) is 4.30. The number of nitrogens with zero attached hydrogens (tertiary/aromatic N) is 4. The molecule has 0 bridgehead atoms. The first-order valence-electron chi connectivity index (χ1n) is 8.74. The Labute approximate surface area is 140 Å². The number of aromatic nitrogens is 3. The van der Waals surface area contributed by atoms with Gasteiger partial charge in [-0.05, 0) is 57.0 Å². The fourth-order valence-electron chi connectivity index (χ4n) is 4.00. The van der Waals surface area contributed by atoms with E-state index in [2.05, 4.69) is 26.6 Å². The Kier molecular flexibility index (Phi) is 4.08. The van der Waals surface area contributed by atoms with Crippen LogP contribution in [-0.4, -0.2) is 32.8 Å². The minimum atomic E-state index is -0.787. The van der Waals surface area contributed by atoms with Crippen molar-refractivity contribution in [2.45, 2.75) is 51.1 Å². The third-order valence-corrected chi connectivity index (χ3v) is 5.51. The molecule has 0 radical (unpaired) electrons. The molecule has 0 amide bonds.